The van der Waals surface area contributed by atoms with Gasteiger partial charge in [-0.05, 0) is 38.3 Å². The molecular weight excluding hydrogens is 300 g/mol. The molecular formula is C16H27ClN4O. The molecule has 1 atom stereocenters. The first kappa shape index (κ1) is 17.3. The van der Waals surface area contributed by atoms with Gasteiger partial charge in [-0.25, -0.2) is 0 Å². The lowest BCUT2D eigenvalue weighted by molar-refractivity contribution is -0.132. The van der Waals surface area contributed by atoms with Crippen LogP contribution in [-0.2, 0) is 11.3 Å². The van der Waals surface area contributed by atoms with Crippen molar-refractivity contribution in [2.24, 2.45) is 0 Å². The van der Waals surface area contributed by atoms with Gasteiger partial charge in [0.2, 0.25) is 5.91 Å². The molecule has 2 aliphatic rings. The monoisotopic (exact) mass is 326 g/mol. The van der Waals surface area contributed by atoms with E-state index in [2.05, 4.69) is 16.5 Å². The molecule has 0 bridgehead atoms. The van der Waals surface area contributed by atoms with Gasteiger partial charge in [0, 0.05) is 37.4 Å². The Morgan fingerprint density at radius 1 is 1.23 bits per heavy atom. The van der Waals surface area contributed by atoms with E-state index in [4.69, 9.17) is 0 Å². The maximum absolute atomic E-state index is 12.5. The van der Waals surface area contributed by atoms with Gasteiger partial charge in [-0.2, -0.15) is 5.10 Å². The normalized spacial score (nSPS) is 22.7. The summed E-state index contributed by atoms with van der Waals surface area (Å²) in [4.78, 5) is 14.5. The molecule has 0 spiro atoms. The lowest BCUT2D eigenvalue weighted by Gasteiger charge is -2.25. The van der Waals surface area contributed by atoms with Crippen molar-refractivity contribution in [2.75, 3.05) is 26.2 Å². The Hall–Kier alpha value is -1.07. The predicted molar refractivity (Wildman–Crippen MR) is 89.4 cm³/mol. The van der Waals surface area contributed by atoms with Gasteiger partial charge in [0.15, 0.2) is 0 Å². The fourth-order valence-corrected chi connectivity index (χ4v) is 3.47. The summed E-state index contributed by atoms with van der Waals surface area (Å²) in [6.45, 7) is 4.35. The molecule has 6 heteroatoms. The van der Waals surface area contributed by atoms with Crippen LogP contribution in [0.25, 0.3) is 0 Å². The van der Waals surface area contributed by atoms with Crippen molar-refractivity contribution in [3.63, 3.8) is 0 Å². The number of amides is 1. The minimum absolute atomic E-state index is 0. The number of halogens is 1. The van der Waals surface area contributed by atoms with Gasteiger partial charge >= 0.3 is 0 Å². The third-order valence-corrected chi connectivity index (χ3v) is 4.71. The van der Waals surface area contributed by atoms with E-state index in [1.165, 1.54) is 31.4 Å². The smallest absolute Gasteiger partial charge is 0.244 e. The Morgan fingerprint density at radius 2 is 2.00 bits per heavy atom. The van der Waals surface area contributed by atoms with Crippen LogP contribution in [-0.4, -0.2) is 46.8 Å². The van der Waals surface area contributed by atoms with Crippen LogP contribution in [0.2, 0.25) is 0 Å². The Morgan fingerprint density at radius 3 is 2.68 bits per heavy atom. The first-order valence-corrected chi connectivity index (χ1v) is 8.35. The zero-order valence-electron chi connectivity index (χ0n) is 13.2. The second kappa shape index (κ2) is 8.53. The molecule has 0 saturated carbocycles. The number of aromatic nitrogens is 2. The second-order valence-electron chi connectivity index (χ2n) is 6.25. The van der Waals surface area contributed by atoms with Crippen LogP contribution in [0, 0.1) is 0 Å². The SMILES string of the molecule is Cl.O=C(Cn1nccc1C1CCCNC1)N1CCCCCC1. The molecule has 1 unspecified atom stereocenters. The van der Waals surface area contributed by atoms with Gasteiger partial charge in [0.1, 0.15) is 6.54 Å². The highest BCUT2D eigenvalue weighted by Gasteiger charge is 2.22. The van der Waals surface area contributed by atoms with Crippen LogP contribution in [0.4, 0.5) is 0 Å². The minimum Gasteiger partial charge on any atom is -0.341 e. The molecule has 0 aliphatic carbocycles. The fourth-order valence-electron chi connectivity index (χ4n) is 3.47. The lowest BCUT2D eigenvalue weighted by atomic mass is 9.96. The molecule has 0 aromatic carbocycles. The highest BCUT2D eigenvalue weighted by Crippen LogP contribution is 2.23. The second-order valence-corrected chi connectivity index (χ2v) is 6.25. The number of carbonyl (C=O) groups excluding carboxylic acids is 1. The van der Waals surface area contributed by atoms with Crippen LogP contribution in [0.1, 0.15) is 50.1 Å². The van der Waals surface area contributed by atoms with Gasteiger partial charge in [0.25, 0.3) is 0 Å². The lowest BCUT2D eigenvalue weighted by Crippen LogP contribution is -2.36. The van der Waals surface area contributed by atoms with E-state index in [9.17, 15) is 4.79 Å². The summed E-state index contributed by atoms with van der Waals surface area (Å²) < 4.78 is 1.92. The largest absolute Gasteiger partial charge is 0.341 e. The van der Waals surface area contributed by atoms with E-state index in [-0.39, 0.29) is 18.3 Å². The van der Waals surface area contributed by atoms with Crippen molar-refractivity contribution < 1.29 is 4.79 Å². The number of likely N-dealkylation sites (tertiary alicyclic amines) is 1. The van der Waals surface area contributed by atoms with Crippen molar-refractivity contribution in [1.29, 1.82) is 0 Å². The average molecular weight is 327 g/mol. The van der Waals surface area contributed by atoms with E-state index >= 15 is 0 Å². The molecule has 124 valence electrons. The topological polar surface area (TPSA) is 50.2 Å². The first-order valence-electron chi connectivity index (χ1n) is 8.35. The molecule has 2 saturated heterocycles. The molecule has 0 radical (unpaired) electrons. The molecule has 5 nitrogen and oxygen atoms in total. The molecule has 3 heterocycles. The van der Waals surface area contributed by atoms with Gasteiger partial charge < -0.3 is 10.2 Å². The fraction of sp³-hybridized carbons (Fsp3) is 0.750. The molecule has 2 fully saturated rings. The predicted octanol–water partition coefficient (Wildman–Crippen LogP) is 2.17. The zero-order chi connectivity index (χ0) is 14.5. The van der Waals surface area contributed by atoms with Crippen molar-refractivity contribution in [3.05, 3.63) is 18.0 Å². The van der Waals surface area contributed by atoms with E-state index in [1.54, 1.807) is 0 Å². The van der Waals surface area contributed by atoms with E-state index in [0.717, 1.165) is 39.0 Å². The van der Waals surface area contributed by atoms with Crippen molar-refractivity contribution >= 4 is 18.3 Å². The number of hydrogen-bond donors (Lipinski definition) is 1. The number of nitrogens with zero attached hydrogens (tertiary/aromatic N) is 3. The van der Waals surface area contributed by atoms with Crippen molar-refractivity contribution in [2.45, 2.75) is 51.0 Å². The average Bonchev–Trinajstić information content (AvgIpc) is 2.81. The van der Waals surface area contributed by atoms with E-state index in [1.807, 2.05) is 15.8 Å². The zero-order valence-corrected chi connectivity index (χ0v) is 14.0. The summed E-state index contributed by atoms with van der Waals surface area (Å²) in [5, 5.41) is 7.83. The van der Waals surface area contributed by atoms with Crippen LogP contribution in [0.15, 0.2) is 12.3 Å². The summed E-state index contributed by atoms with van der Waals surface area (Å²) >= 11 is 0. The third-order valence-electron chi connectivity index (χ3n) is 4.71. The number of rotatable bonds is 3. The summed E-state index contributed by atoms with van der Waals surface area (Å²) in [5.41, 5.74) is 1.21. The van der Waals surface area contributed by atoms with Crippen LogP contribution in [0.5, 0.6) is 0 Å². The van der Waals surface area contributed by atoms with Gasteiger partial charge in [-0.15, -0.1) is 12.4 Å². The molecule has 2 aliphatic heterocycles. The Balaban J connectivity index is 0.00000176. The summed E-state index contributed by atoms with van der Waals surface area (Å²) in [6.07, 6.45) is 9.02. The minimum atomic E-state index is 0. The van der Waals surface area contributed by atoms with Crippen molar-refractivity contribution in [1.82, 2.24) is 20.0 Å². The van der Waals surface area contributed by atoms with Gasteiger partial charge in [-0.1, -0.05) is 12.8 Å². The Kier molecular flexibility index (Phi) is 6.70. The molecule has 1 aromatic rings. The van der Waals surface area contributed by atoms with Crippen LogP contribution < -0.4 is 5.32 Å². The van der Waals surface area contributed by atoms with Crippen LogP contribution >= 0.6 is 12.4 Å². The third kappa shape index (κ3) is 4.23. The van der Waals surface area contributed by atoms with Gasteiger partial charge in [-0.3, -0.25) is 9.48 Å². The number of nitrogens with one attached hydrogen (secondary N) is 1. The summed E-state index contributed by atoms with van der Waals surface area (Å²) in [6, 6.07) is 2.08. The molecule has 22 heavy (non-hydrogen) atoms. The number of carbonyl (C=O) groups is 1. The Labute approximate surface area is 138 Å². The maximum Gasteiger partial charge on any atom is 0.244 e. The highest BCUT2D eigenvalue weighted by atomic mass is 35.5. The standard InChI is InChI=1S/C16H26N4O.ClH/c21-16(19-10-3-1-2-4-11-19)13-20-15(7-9-18-20)14-6-5-8-17-12-14;/h7,9,14,17H,1-6,8,10-13H2;1H. The summed E-state index contributed by atoms with van der Waals surface area (Å²) in [7, 11) is 0. The van der Waals surface area contributed by atoms with E-state index < -0.39 is 0 Å². The summed E-state index contributed by atoms with van der Waals surface area (Å²) in [5.74, 6) is 0.726. The first-order chi connectivity index (χ1) is 10.3. The number of piperidine rings is 1. The molecule has 1 aromatic heterocycles. The number of hydrogen-bond acceptors (Lipinski definition) is 3. The Bertz CT molecular complexity index is 462. The van der Waals surface area contributed by atoms with Crippen molar-refractivity contribution in [3.8, 4) is 0 Å². The maximum atomic E-state index is 12.5. The highest BCUT2D eigenvalue weighted by molar-refractivity contribution is 5.85. The van der Waals surface area contributed by atoms with Crippen LogP contribution in [0.3, 0.4) is 0 Å². The molecule has 1 N–H and O–H groups in total. The van der Waals surface area contributed by atoms with E-state index in [0.29, 0.717) is 12.5 Å². The quantitative estimate of drug-likeness (QED) is 0.926. The van der Waals surface area contributed by atoms with Gasteiger partial charge in [0.05, 0.1) is 0 Å². The molecule has 1 amide bonds. The molecule has 3 rings (SSSR count).